The molecule has 0 saturated carbocycles. The third-order valence-electron chi connectivity index (χ3n) is 4.26. The molecule has 0 bridgehead atoms. The van der Waals surface area contributed by atoms with Crippen LogP contribution in [0.5, 0.6) is 0 Å². The van der Waals surface area contributed by atoms with Crippen LogP contribution >= 0.6 is 11.8 Å². The van der Waals surface area contributed by atoms with Gasteiger partial charge in [0.1, 0.15) is 0 Å². The summed E-state index contributed by atoms with van der Waals surface area (Å²) in [7, 11) is -3.72. The lowest BCUT2D eigenvalue weighted by molar-refractivity contribution is -0.125. The summed E-state index contributed by atoms with van der Waals surface area (Å²) in [4.78, 5) is 25.1. The van der Waals surface area contributed by atoms with Crippen LogP contribution in [0.1, 0.15) is 5.56 Å². The molecule has 0 aliphatic carbocycles. The Bertz CT molecular complexity index is 1100. The molecule has 1 fully saturated rings. The van der Waals surface area contributed by atoms with Crippen molar-refractivity contribution in [1.29, 1.82) is 0 Å². The first-order valence-corrected chi connectivity index (χ1v) is 10.3. The molecule has 0 atom stereocenters. The van der Waals surface area contributed by atoms with Gasteiger partial charge in [0.25, 0.3) is 15.3 Å². The summed E-state index contributed by atoms with van der Waals surface area (Å²) < 4.78 is 27.0. The van der Waals surface area contributed by atoms with Crippen molar-refractivity contribution < 1.29 is 18.0 Å². The summed E-state index contributed by atoms with van der Waals surface area (Å²) >= 11 is 0.981. The van der Waals surface area contributed by atoms with E-state index in [9.17, 15) is 18.0 Å². The Kier molecular flexibility index (Phi) is 4.08. The smallest absolute Gasteiger partial charge is 0.273 e. The van der Waals surface area contributed by atoms with Gasteiger partial charge < -0.3 is 0 Å². The van der Waals surface area contributed by atoms with E-state index in [1.54, 1.807) is 54.6 Å². The summed E-state index contributed by atoms with van der Waals surface area (Å²) in [6, 6.07) is 15.1. The van der Waals surface area contributed by atoms with E-state index >= 15 is 0 Å². The van der Waals surface area contributed by atoms with Crippen LogP contribution in [0.15, 0.2) is 65.7 Å². The summed E-state index contributed by atoms with van der Waals surface area (Å²) in [6.45, 7) is 0.136. The number of carbonyl (C=O) groups is 2. The second-order valence-electron chi connectivity index (χ2n) is 5.81. The van der Waals surface area contributed by atoms with Gasteiger partial charge in [-0.3, -0.25) is 14.5 Å². The van der Waals surface area contributed by atoms with E-state index in [0.717, 1.165) is 17.3 Å². The number of amides is 2. The first-order chi connectivity index (χ1) is 12.5. The zero-order chi connectivity index (χ0) is 18.3. The van der Waals surface area contributed by atoms with E-state index in [0.29, 0.717) is 10.9 Å². The molecule has 2 amide bonds. The average molecular weight is 386 g/mol. The normalized spacial score (nSPS) is 15.2. The Labute approximate surface area is 154 Å². The van der Waals surface area contributed by atoms with Crippen molar-refractivity contribution in [1.82, 2.24) is 8.87 Å². The number of nitrogens with zero attached hydrogens (tertiary/aromatic N) is 2. The number of rotatable bonds is 4. The minimum atomic E-state index is -3.72. The first kappa shape index (κ1) is 16.9. The van der Waals surface area contributed by atoms with Gasteiger partial charge in [-0.15, -0.1) is 0 Å². The average Bonchev–Trinajstić information content (AvgIpc) is 3.22. The lowest BCUT2D eigenvalue weighted by atomic mass is 10.1. The van der Waals surface area contributed by atoms with Crippen molar-refractivity contribution >= 4 is 43.8 Å². The molecule has 8 heteroatoms. The largest absolute Gasteiger partial charge is 0.289 e. The Morgan fingerprint density at radius 3 is 2.42 bits per heavy atom. The van der Waals surface area contributed by atoms with E-state index in [4.69, 9.17) is 0 Å². The molecule has 0 unspecified atom stereocenters. The molecular weight excluding hydrogens is 372 g/mol. The molecule has 0 spiro atoms. The Morgan fingerprint density at radius 1 is 0.962 bits per heavy atom. The molecule has 0 N–H and O–H groups in total. The van der Waals surface area contributed by atoms with E-state index in [1.165, 1.54) is 15.1 Å². The highest BCUT2D eigenvalue weighted by Gasteiger charge is 2.30. The highest BCUT2D eigenvalue weighted by atomic mass is 32.2. The van der Waals surface area contributed by atoms with Gasteiger partial charge in [0.15, 0.2) is 0 Å². The second-order valence-corrected chi connectivity index (χ2v) is 8.56. The number of imide groups is 1. The quantitative estimate of drug-likeness (QED) is 0.689. The van der Waals surface area contributed by atoms with Crippen LogP contribution in [0.3, 0.4) is 0 Å². The Balaban J connectivity index is 1.79. The van der Waals surface area contributed by atoms with Crippen LogP contribution in [0.2, 0.25) is 0 Å². The zero-order valence-corrected chi connectivity index (χ0v) is 15.2. The maximum Gasteiger partial charge on any atom is 0.289 e. The van der Waals surface area contributed by atoms with Crippen molar-refractivity contribution in [3.8, 4) is 0 Å². The standard InChI is InChI=1S/C18H14N2O4S2/c21-17-12-25-18(22)19(17)11-13-5-4-8-16-15(13)9-10-20(16)26(23,24)14-6-2-1-3-7-14/h1-10H,11-12H2. The molecule has 132 valence electrons. The summed E-state index contributed by atoms with van der Waals surface area (Å²) in [5, 5.41) is 0.424. The molecule has 2 aromatic carbocycles. The second kappa shape index (κ2) is 6.30. The van der Waals surface area contributed by atoms with Gasteiger partial charge in [-0.25, -0.2) is 12.4 Å². The molecule has 1 aromatic heterocycles. The molecule has 1 aliphatic heterocycles. The third-order valence-corrected chi connectivity index (χ3v) is 6.82. The van der Waals surface area contributed by atoms with Gasteiger partial charge in [-0.05, 0) is 29.8 Å². The predicted molar refractivity (Wildman–Crippen MR) is 99.4 cm³/mol. The molecule has 1 aliphatic rings. The maximum atomic E-state index is 12.9. The van der Waals surface area contributed by atoms with Gasteiger partial charge in [0.2, 0.25) is 5.91 Å². The molecule has 1 saturated heterocycles. The summed E-state index contributed by atoms with van der Waals surface area (Å²) in [5.41, 5.74) is 1.24. The molecule has 26 heavy (non-hydrogen) atoms. The lowest BCUT2D eigenvalue weighted by Crippen LogP contribution is -2.27. The van der Waals surface area contributed by atoms with Gasteiger partial charge in [0.05, 0.1) is 22.7 Å². The van der Waals surface area contributed by atoms with Gasteiger partial charge >= 0.3 is 0 Å². The van der Waals surface area contributed by atoms with Crippen molar-refractivity contribution in [2.24, 2.45) is 0 Å². The van der Waals surface area contributed by atoms with Crippen LogP contribution in [-0.4, -0.2) is 34.2 Å². The van der Waals surface area contributed by atoms with Crippen molar-refractivity contribution in [3.05, 3.63) is 66.4 Å². The summed E-state index contributed by atoms with van der Waals surface area (Å²) in [6.07, 6.45) is 1.50. The lowest BCUT2D eigenvalue weighted by Gasteiger charge is -2.14. The fraction of sp³-hybridized carbons (Fsp3) is 0.111. The Hall–Kier alpha value is -2.58. The van der Waals surface area contributed by atoms with Crippen LogP contribution in [0, 0.1) is 0 Å². The van der Waals surface area contributed by atoms with Crippen LogP contribution in [0.4, 0.5) is 4.79 Å². The van der Waals surface area contributed by atoms with Crippen LogP contribution < -0.4 is 0 Å². The van der Waals surface area contributed by atoms with E-state index in [-0.39, 0.29) is 28.3 Å². The van der Waals surface area contributed by atoms with Gasteiger partial charge in [-0.2, -0.15) is 0 Å². The molecule has 2 heterocycles. The summed E-state index contributed by atoms with van der Waals surface area (Å²) in [5.74, 6) is -0.0774. The fourth-order valence-corrected chi connectivity index (χ4v) is 5.06. The molecule has 6 nitrogen and oxygen atoms in total. The minimum Gasteiger partial charge on any atom is -0.273 e. The van der Waals surface area contributed by atoms with Crippen molar-refractivity contribution in [2.45, 2.75) is 11.4 Å². The molecule has 4 rings (SSSR count). The van der Waals surface area contributed by atoms with E-state index in [2.05, 4.69) is 0 Å². The number of hydrogen-bond donors (Lipinski definition) is 0. The fourth-order valence-electron chi connectivity index (χ4n) is 2.96. The van der Waals surface area contributed by atoms with Crippen molar-refractivity contribution in [3.63, 3.8) is 0 Å². The minimum absolute atomic E-state index is 0.136. The van der Waals surface area contributed by atoms with Gasteiger partial charge in [0, 0.05) is 11.6 Å². The maximum absolute atomic E-state index is 12.9. The first-order valence-electron chi connectivity index (χ1n) is 7.85. The topological polar surface area (TPSA) is 76.5 Å². The Morgan fingerprint density at radius 2 is 1.73 bits per heavy atom. The SMILES string of the molecule is O=C1CSC(=O)N1Cc1cccc2c1ccn2S(=O)(=O)c1ccccc1. The number of benzene rings is 2. The third kappa shape index (κ3) is 2.71. The number of carbonyl (C=O) groups excluding carboxylic acids is 2. The van der Waals surface area contributed by atoms with Crippen LogP contribution in [-0.2, 0) is 21.4 Å². The number of fused-ring (bicyclic) bond motifs is 1. The monoisotopic (exact) mass is 386 g/mol. The van der Waals surface area contributed by atoms with Crippen molar-refractivity contribution in [2.75, 3.05) is 5.75 Å². The van der Waals surface area contributed by atoms with Gasteiger partial charge in [-0.1, -0.05) is 42.1 Å². The number of hydrogen-bond acceptors (Lipinski definition) is 5. The molecule has 0 radical (unpaired) electrons. The van der Waals surface area contributed by atoms with E-state index < -0.39 is 10.0 Å². The molecule has 3 aromatic rings. The highest BCUT2D eigenvalue weighted by molar-refractivity contribution is 8.14. The predicted octanol–water partition coefficient (Wildman–Crippen LogP) is 3.07. The number of aromatic nitrogens is 1. The number of thioether (sulfide) groups is 1. The van der Waals surface area contributed by atoms with Crippen LogP contribution in [0.25, 0.3) is 10.9 Å². The molecular formula is C18H14N2O4S2. The van der Waals surface area contributed by atoms with E-state index in [1.807, 2.05) is 0 Å². The zero-order valence-electron chi connectivity index (χ0n) is 13.5. The highest BCUT2D eigenvalue weighted by Crippen LogP contribution is 2.28.